The van der Waals surface area contributed by atoms with Gasteiger partial charge in [-0.1, -0.05) is 0 Å². The summed E-state index contributed by atoms with van der Waals surface area (Å²) in [6.45, 7) is -0.756. The Morgan fingerprint density at radius 2 is 1.84 bits per heavy atom. The minimum absolute atomic E-state index is 0.102. The number of benzene rings is 1. The first-order valence-electron chi connectivity index (χ1n) is 9.62. The van der Waals surface area contributed by atoms with Crippen molar-refractivity contribution in [1.29, 1.82) is 0 Å². The summed E-state index contributed by atoms with van der Waals surface area (Å²) in [4.78, 5) is 67.8. The lowest BCUT2D eigenvalue weighted by Gasteiger charge is -2.34. The van der Waals surface area contributed by atoms with E-state index in [0.29, 0.717) is 4.90 Å². The molecule has 0 radical (unpaired) electrons. The molecule has 0 bridgehead atoms. The number of carbonyl (C=O) groups is 5. The molecule has 1 fully saturated rings. The molecule has 1 atom stereocenters. The van der Waals surface area contributed by atoms with Crippen LogP contribution in [0.3, 0.4) is 0 Å². The van der Waals surface area contributed by atoms with Crippen LogP contribution in [0, 0.1) is 5.82 Å². The number of ether oxygens (including phenoxy) is 1. The number of aromatic nitrogens is 1. The molecule has 3 heterocycles. The molecule has 0 aliphatic carbocycles. The number of halogens is 1. The maximum Gasteiger partial charge on any atom is 0.343 e. The number of imide groups is 2. The second-order valence-corrected chi connectivity index (χ2v) is 7.07. The molecule has 4 rings (SSSR count). The highest BCUT2D eigenvalue weighted by Crippen LogP contribution is 2.34. The van der Waals surface area contributed by atoms with Gasteiger partial charge in [0, 0.05) is 18.8 Å². The number of hydrogen-bond donors (Lipinski definition) is 1. The van der Waals surface area contributed by atoms with Crippen LogP contribution in [0.25, 0.3) is 0 Å². The van der Waals surface area contributed by atoms with E-state index in [4.69, 9.17) is 9.84 Å². The third kappa shape index (κ3) is 3.42. The monoisotopic (exact) mass is 441 g/mol. The Morgan fingerprint density at radius 1 is 1.12 bits per heavy atom. The normalized spacial score (nSPS) is 18.2. The number of piperidine rings is 1. The van der Waals surface area contributed by atoms with E-state index in [0.717, 1.165) is 17.0 Å². The van der Waals surface area contributed by atoms with Crippen molar-refractivity contribution < 1.29 is 38.2 Å². The Balaban J connectivity index is 1.63. The summed E-state index contributed by atoms with van der Waals surface area (Å²) in [6, 6.07) is 3.59. The smallest absolute Gasteiger partial charge is 0.343 e. The van der Waals surface area contributed by atoms with Crippen LogP contribution in [0.5, 0.6) is 5.75 Å². The number of rotatable bonds is 5. The highest BCUT2D eigenvalue weighted by atomic mass is 19.1. The SMILES string of the molecule is O=C(Oc1ccc2c(c1F)C(=O)N(C1CCC(=O)N(CCO)C1=O)C2=O)c1ccncc1. The second kappa shape index (κ2) is 8.27. The zero-order valence-corrected chi connectivity index (χ0v) is 16.5. The molecule has 11 heteroatoms. The van der Waals surface area contributed by atoms with E-state index in [1.807, 2.05) is 0 Å². The lowest BCUT2D eigenvalue weighted by atomic mass is 10.0. The first kappa shape index (κ1) is 21.2. The van der Waals surface area contributed by atoms with Crippen LogP contribution in [0.4, 0.5) is 4.39 Å². The third-order valence-electron chi connectivity index (χ3n) is 5.23. The van der Waals surface area contributed by atoms with Gasteiger partial charge in [-0.05, 0) is 30.7 Å². The van der Waals surface area contributed by atoms with Crippen molar-refractivity contribution in [3.63, 3.8) is 0 Å². The van der Waals surface area contributed by atoms with Crippen LogP contribution in [0.1, 0.15) is 43.9 Å². The number of hydrogen-bond acceptors (Lipinski definition) is 8. The molecule has 1 aromatic carbocycles. The predicted octanol–water partition coefficient (Wildman–Crippen LogP) is 0.546. The summed E-state index contributed by atoms with van der Waals surface area (Å²) in [6.07, 6.45) is 2.46. The predicted molar refractivity (Wildman–Crippen MR) is 103 cm³/mol. The molecule has 10 nitrogen and oxygen atoms in total. The Kier molecular flexibility index (Phi) is 5.49. The molecule has 164 valence electrons. The molecule has 0 spiro atoms. The molecule has 2 aromatic rings. The first-order valence-corrected chi connectivity index (χ1v) is 9.62. The van der Waals surface area contributed by atoms with Crippen molar-refractivity contribution in [1.82, 2.24) is 14.8 Å². The zero-order valence-electron chi connectivity index (χ0n) is 16.5. The third-order valence-corrected chi connectivity index (χ3v) is 5.23. The van der Waals surface area contributed by atoms with E-state index in [9.17, 15) is 24.0 Å². The van der Waals surface area contributed by atoms with Crippen LogP contribution in [0.15, 0.2) is 36.7 Å². The molecule has 2 aliphatic heterocycles. The lowest BCUT2D eigenvalue weighted by molar-refractivity contribution is -0.152. The van der Waals surface area contributed by atoms with Crippen molar-refractivity contribution in [2.75, 3.05) is 13.2 Å². The van der Waals surface area contributed by atoms with Crippen molar-refractivity contribution >= 4 is 29.6 Å². The molecule has 1 N–H and O–H groups in total. The summed E-state index contributed by atoms with van der Waals surface area (Å²) in [7, 11) is 0. The molecule has 2 aliphatic rings. The van der Waals surface area contributed by atoms with Crippen molar-refractivity contribution in [2.24, 2.45) is 0 Å². The molecule has 1 saturated heterocycles. The number of amides is 4. The van der Waals surface area contributed by atoms with E-state index in [2.05, 4.69) is 4.98 Å². The van der Waals surface area contributed by atoms with Crippen LogP contribution in [-0.2, 0) is 9.59 Å². The number of nitrogens with zero attached hydrogens (tertiary/aromatic N) is 3. The largest absolute Gasteiger partial charge is 0.420 e. The van der Waals surface area contributed by atoms with Gasteiger partial charge in [0.2, 0.25) is 5.91 Å². The highest BCUT2D eigenvalue weighted by molar-refractivity contribution is 6.23. The molecule has 1 aromatic heterocycles. The first-order chi connectivity index (χ1) is 15.3. The van der Waals surface area contributed by atoms with Gasteiger partial charge in [0.05, 0.1) is 29.8 Å². The number of aliphatic hydroxyl groups excluding tert-OH is 1. The van der Waals surface area contributed by atoms with E-state index in [-0.39, 0.29) is 30.5 Å². The number of carbonyl (C=O) groups excluding carboxylic acids is 5. The van der Waals surface area contributed by atoms with Gasteiger partial charge >= 0.3 is 5.97 Å². The van der Waals surface area contributed by atoms with Crippen molar-refractivity contribution in [2.45, 2.75) is 18.9 Å². The Labute approximate surface area is 180 Å². The maximum atomic E-state index is 15.1. The van der Waals surface area contributed by atoms with Crippen LogP contribution in [0.2, 0.25) is 0 Å². The van der Waals surface area contributed by atoms with Gasteiger partial charge < -0.3 is 9.84 Å². The maximum absolute atomic E-state index is 15.1. The molecule has 1 unspecified atom stereocenters. The fourth-order valence-electron chi connectivity index (χ4n) is 3.69. The second-order valence-electron chi connectivity index (χ2n) is 7.07. The molecular weight excluding hydrogens is 425 g/mol. The molecule has 4 amide bonds. The van der Waals surface area contributed by atoms with Crippen LogP contribution in [-0.4, -0.2) is 68.7 Å². The average molecular weight is 441 g/mol. The van der Waals surface area contributed by atoms with Crippen LogP contribution >= 0.6 is 0 Å². The summed E-state index contributed by atoms with van der Waals surface area (Å²) in [5.41, 5.74) is -0.798. The van der Waals surface area contributed by atoms with E-state index < -0.39 is 59.4 Å². The fourth-order valence-corrected chi connectivity index (χ4v) is 3.69. The molecule has 32 heavy (non-hydrogen) atoms. The Bertz CT molecular complexity index is 1150. The number of pyridine rings is 1. The fraction of sp³-hybridized carbons (Fsp3) is 0.238. The molecule has 0 saturated carbocycles. The minimum Gasteiger partial charge on any atom is -0.420 e. The summed E-state index contributed by atoms with van der Waals surface area (Å²) in [5, 5.41) is 9.08. The van der Waals surface area contributed by atoms with Gasteiger partial charge in [-0.3, -0.25) is 34.0 Å². The Morgan fingerprint density at radius 3 is 2.53 bits per heavy atom. The Hall–Kier alpha value is -3.99. The lowest BCUT2D eigenvalue weighted by Crippen LogP contribution is -2.56. The zero-order chi connectivity index (χ0) is 23.0. The van der Waals surface area contributed by atoms with Gasteiger partial charge in [0.1, 0.15) is 6.04 Å². The number of esters is 1. The summed E-state index contributed by atoms with van der Waals surface area (Å²) >= 11 is 0. The van der Waals surface area contributed by atoms with Gasteiger partial charge in [-0.25, -0.2) is 9.18 Å². The van der Waals surface area contributed by atoms with Crippen LogP contribution < -0.4 is 4.74 Å². The highest BCUT2D eigenvalue weighted by Gasteiger charge is 2.48. The molecular formula is C21H16FN3O7. The average Bonchev–Trinajstić information content (AvgIpc) is 3.04. The van der Waals surface area contributed by atoms with Gasteiger partial charge in [-0.15, -0.1) is 0 Å². The van der Waals surface area contributed by atoms with Gasteiger partial charge in [0.15, 0.2) is 11.6 Å². The quantitative estimate of drug-likeness (QED) is 0.404. The standard InChI is InChI=1S/C21H16FN3O7/c22-17-14(32-21(31)11-5-7-23-8-6-11)3-1-12-16(17)20(30)25(18(12)28)13-2-4-15(27)24(9-10-26)19(13)29/h1,3,5-8,13,26H,2,4,9-10H2. The van der Waals surface area contributed by atoms with E-state index in [1.165, 1.54) is 24.5 Å². The van der Waals surface area contributed by atoms with Gasteiger partial charge in [0.25, 0.3) is 17.7 Å². The number of likely N-dealkylation sites (tertiary alicyclic amines) is 1. The number of β-amino-alcohol motifs (C(OH)–C–C–N with tert-alkyl or cyclic N) is 1. The summed E-state index contributed by atoms with van der Waals surface area (Å²) < 4.78 is 20.1. The van der Waals surface area contributed by atoms with E-state index >= 15 is 4.39 Å². The van der Waals surface area contributed by atoms with Crippen molar-refractivity contribution in [3.8, 4) is 5.75 Å². The summed E-state index contributed by atoms with van der Waals surface area (Å²) in [5.74, 6) is -5.98. The van der Waals surface area contributed by atoms with Crippen molar-refractivity contribution in [3.05, 3.63) is 59.2 Å². The van der Waals surface area contributed by atoms with Gasteiger partial charge in [-0.2, -0.15) is 0 Å². The topological polar surface area (TPSA) is 134 Å². The minimum atomic E-state index is -1.31. The number of fused-ring (bicyclic) bond motifs is 1. The van der Waals surface area contributed by atoms with E-state index in [1.54, 1.807) is 0 Å². The number of aliphatic hydroxyl groups is 1.